The van der Waals surface area contributed by atoms with E-state index in [2.05, 4.69) is 14.8 Å². The Bertz CT molecular complexity index is 875. The summed E-state index contributed by atoms with van der Waals surface area (Å²) in [6.07, 6.45) is 0.689. The van der Waals surface area contributed by atoms with Crippen LogP contribution in [0.3, 0.4) is 0 Å². The van der Waals surface area contributed by atoms with Crippen LogP contribution in [-0.2, 0) is 14.8 Å². The van der Waals surface area contributed by atoms with Crippen LogP contribution in [0.25, 0.3) is 0 Å². The number of anilines is 1. The minimum atomic E-state index is -3.56. The van der Waals surface area contributed by atoms with Crippen LogP contribution < -0.4 is 10.0 Å². The van der Waals surface area contributed by atoms with Gasteiger partial charge in [0.2, 0.25) is 10.0 Å². The van der Waals surface area contributed by atoms with Gasteiger partial charge in [0.15, 0.2) is 0 Å². The number of carbonyl (C=O) groups excluding carboxylic acids is 2. The number of rotatable bonds is 7. The minimum absolute atomic E-state index is 0.102. The molecule has 0 unspecified atom stereocenters. The predicted octanol–water partition coefficient (Wildman–Crippen LogP) is 2.41. The fourth-order valence-corrected chi connectivity index (χ4v) is 3.25. The van der Waals surface area contributed by atoms with Gasteiger partial charge in [-0.15, -0.1) is 0 Å². The van der Waals surface area contributed by atoms with Crippen LogP contribution in [-0.4, -0.2) is 33.9 Å². The van der Waals surface area contributed by atoms with Gasteiger partial charge in [0.05, 0.1) is 17.6 Å². The third kappa shape index (κ3) is 4.90. The van der Waals surface area contributed by atoms with Gasteiger partial charge in [-0.2, -0.15) is 0 Å². The molecular formula is C18H20N2O5S. The van der Waals surface area contributed by atoms with E-state index in [0.29, 0.717) is 29.8 Å². The van der Waals surface area contributed by atoms with Crippen LogP contribution in [0.4, 0.5) is 5.69 Å². The summed E-state index contributed by atoms with van der Waals surface area (Å²) >= 11 is 0. The molecule has 0 saturated carbocycles. The van der Waals surface area contributed by atoms with E-state index in [0.717, 1.165) is 0 Å². The smallest absolute Gasteiger partial charge is 0.337 e. The number of hydrogen-bond acceptors (Lipinski definition) is 5. The van der Waals surface area contributed by atoms with Crippen LogP contribution in [0, 0.1) is 0 Å². The molecule has 0 aliphatic heterocycles. The monoisotopic (exact) mass is 376 g/mol. The Kier molecular flexibility index (Phi) is 6.48. The van der Waals surface area contributed by atoms with Crippen molar-refractivity contribution in [3.63, 3.8) is 0 Å². The Morgan fingerprint density at radius 3 is 2.08 bits per heavy atom. The van der Waals surface area contributed by atoms with E-state index in [-0.39, 0.29) is 10.8 Å². The number of carbonyl (C=O) groups is 2. The highest BCUT2D eigenvalue weighted by atomic mass is 32.2. The van der Waals surface area contributed by atoms with Crippen molar-refractivity contribution in [3.05, 3.63) is 59.7 Å². The summed E-state index contributed by atoms with van der Waals surface area (Å²) in [5.74, 6) is -0.849. The third-order valence-corrected chi connectivity index (χ3v) is 5.01. The zero-order valence-corrected chi connectivity index (χ0v) is 15.3. The van der Waals surface area contributed by atoms with Crippen molar-refractivity contribution in [1.82, 2.24) is 4.72 Å². The molecule has 8 heteroatoms. The maximum absolute atomic E-state index is 12.3. The molecule has 2 rings (SSSR count). The van der Waals surface area contributed by atoms with Crippen molar-refractivity contribution >= 4 is 27.6 Å². The second-order valence-corrected chi connectivity index (χ2v) is 7.21. The Morgan fingerprint density at radius 1 is 0.962 bits per heavy atom. The molecule has 0 spiro atoms. The lowest BCUT2D eigenvalue weighted by Crippen LogP contribution is -2.24. The van der Waals surface area contributed by atoms with Crippen molar-refractivity contribution < 1.29 is 22.7 Å². The van der Waals surface area contributed by atoms with Gasteiger partial charge >= 0.3 is 5.97 Å². The van der Waals surface area contributed by atoms with Crippen LogP contribution in [0.1, 0.15) is 34.1 Å². The maximum atomic E-state index is 12.3. The summed E-state index contributed by atoms with van der Waals surface area (Å²) in [5.41, 5.74) is 1.19. The Morgan fingerprint density at radius 2 is 1.54 bits per heavy atom. The molecule has 1 amide bonds. The van der Waals surface area contributed by atoms with Crippen molar-refractivity contribution in [2.24, 2.45) is 0 Å². The van der Waals surface area contributed by atoms with Crippen LogP contribution in [0.5, 0.6) is 0 Å². The standard InChI is InChI=1S/C18H20N2O5S/c1-3-12-19-26(23,24)16-10-6-13(7-11-16)17(21)20-15-8-4-14(5-9-15)18(22)25-2/h4-11,19H,3,12H2,1-2H3,(H,20,21). The van der Waals surface area contributed by atoms with E-state index in [1.165, 1.54) is 43.5 Å². The highest BCUT2D eigenvalue weighted by Gasteiger charge is 2.14. The second kappa shape index (κ2) is 8.59. The molecule has 0 radical (unpaired) electrons. The molecule has 0 aromatic heterocycles. The molecule has 0 aliphatic carbocycles. The molecular weight excluding hydrogens is 356 g/mol. The molecule has 26 heavy (non-hydrogen) atoms. The Labute approximate surface area is 152 Å². The highest BCUT2D eigenvalue weighted by molar-refractivity contribution is 7.89. The number of benzene rings is 2. The molecule has 0 fully saturated rings. The van der Waals surface area contributed by atoms with E-state index in [9.17, 15) is 18.0 Å². The van der Waals surface area contributed by atoms with E-state index < -0.39 is 16.0 Å². The van der Waals surface area contributed by atoms with Gasteiger partial charge in [-0.25, -0.2) is 17.9 Å². The van der Waals surface area contributed by atoms with Crippen LogP contribution >= 0.6 is 0 Å². The summed E-state index contributed by atoms with van der Waals surface area (Å²) in [4.78, 5) is 23.7. The van der Waals surface area contributed by atoms with Crippen LogP contribution in [0.2, 0.25) is 0 Å². The van der Waals surface area contributed by atoms with Gasteiger partial charge in [-0.3, -0.25) is 4.79 Å². The number of nitrogens with one attached hydrogen (secondary N) is 2. The zero-order chi connectivity index (χ0) is 19.2. The molecule has 7 nitrogen and oxygen atoms in total. The Balaban J connectivity index is 2.07. The fraction of sp³-hybridized carbons (Fsp3) is 0.222. The SMILES string of the molecule is CCCNS(=O)(=O)c1ccc(C(=O)Nc2ccc(C(=O)OC)cc2)cc1. The lowest BCUT2D eigenvalue weighted by Gasteiger charge is -2.08. The lowest BCUT2D eigenvalue weighted by atomic mass is 10.2. The maximum Gasteiger partial charge on any atom is 0.337 e. The molecule has 0 bridgehead atoms. The van der Waals surface area contributed by atoms with Crippen molar-refractivity contribution in [2.45, 2.75) is 18.2 Å². The molecule has 2 N–H and O–H groups in total. The average molecular weight is 376 g/mol. The van der Waals surface area contributed by atoms with Gasteiger partial charge in [-0.1, -0.05) is 6.92 Å². The number of sulfonamides is 1. The summed E-state index contributed by atoms with van der Waals surface area (Å²) < 4.78 is 31.1. The predicted molar refractivity (Wildman–Crippen MR) is 97.7 cm³/mol. The average Bonchev–Trinajstić information content (AvgIpc) is 2.66. The first kappa shape index (κ1) is 19.6. The first-order chi connectivity index (χ1) is 12.4. The largest absolute Gasteiger partial charge is 0.465 e. The molecule has 0 heterocycles. The van der Waals surface area contributed by atoms with Crippen molar-refractivity contribution in [1.29, 1.82) is 0 Å². The molecule has 2 aromatic rings. The highest BCUT2D eigenvalue weighted by Crippen LogP contribution is 2.14. The van der Waals surface area contributed by atoms with E-state index in [1.54, 1.807) is 12.1 Å². The molecule has 0 saturated heterocycles. The minimum Gasteiger partial charge on any atom is -0.465 e. The Hall–Kier alpha value is -2.71. The van der Waals surface area contributed by atoms with E-state index >= 15 is 0 Å². The van der Waals surface area contributed by atoms with Gasteiger partial charge in [-0.05, 0) is 55.0 Å². The summed E-state index contributed by atoms with van der Waals surface area (Å²) in [7, 11) is -2.27. The van der Waals surface area contributed by atoms with Gasteiger partial charge in [0, 0.05) is 17.8 Å². The lowest BCUT2D eigenvalue weighted by molar-refractivity contribution is 0.0600. The molecule has 0 atom stereocenters. The number of esters is 1. The summed E-state index contributed by atoms with van der Waals surface area (Å²) in [6.45, 7) is 2.22. The fourth-order valence-electron chi connectivity index (χ4n) is 2.12. The van der Waals surface area contributed by atoms with Crippen molar-refractivity contribution in [2.75, 3.05) is 19.0 Å². The normalized spacial score (nSPS) is 11.0. The second-order valence-electron chi connectivity index (χ2n) is 5.45. The van der Waals surface area contributed by atoms with E-state index in [4.69, 9.17) is 0 Å². The molecule has 138 valence electrons. The first-order valence-electron chi connectivity index (χ1n) is 7.97. The first-order valence-corrected chi connectivity index (χ1v) is 9.45. The zero-order valence-electron chi connectivity index (χ0n) is 14.5. The topological polar surface area (TPSA) is 102 Å². The number of hydrogen-bond donors (Lipinski definition) is 2. The molecule has 0 aliphatic rings. The third-order valence-electron chi connectivity index (χ3n) is 3.53. The van der Waals surface area contributed by atoms with Crippen molar-refractivity contribution in [3.8, 4) is 0 Å². The quantitative estimate of drug-likeness (QED) is 0.723. The summed E-state index contributed by atoms with van der Waals surface area (Å²) in [6, 6.07) is 11.9. The number of ether oxygens (including phenoxy) is 1. The van der Waals surface area contributed by atoms with E-state index in [1.807, 2.05) is 6.92 Å². The summed E-state index contributed by atoms with van der Waals surface area (Å²) in [5, 5.41) is 2.68. The number of amides is 1. The van der Waals surface area contributed by atoms with Gasteiger partial charge < -0.3 is 10.1 Å². The molecule has 2 aromatic carbocycles. The van der Waals surface area contributed by atoms with Gasteiger partial charge in [0.1, 0.15) is 0 Å². The van der Waals surface area contributed by atoms with Crippen LogP contribution in [0.15, 0.2) is 53.4 Å². The van der Waals surface area contributed by atoms with Gasteiger partial charge in [0.25, 0.3) is 5.91 Å². The number of methoxy groups -OCH3 is 1.